The van der Waals surface area contributed by atoms with Gasteiger partial charge in [-0.3, -0.25) is 9.78 Å². The Hall–Kier alpha value is -2.54. The number of ether oxygens (including phenoxy) is 1. The van der Waals surface area contributed by atoms with Crippen molar-refractivity contribution in [2.45, 2.75) is 26.4 Å². The van der Waals surface area contributed by atoms with Gasteiger partial charge in [-0.2, -0.15) is 0 Å². The molecular formula is C18H23N5O2. The van der Waals surface area contributed by atoms with Crippen molar-refractivity contribution in [3.8, 4) is 0 Å². The fourth-order valence-corrected chi connectivity index (χ4v) is 2.91. The molecule has 25 heavy (non-hydrogen) atoms. The van der Waals surface area contributed by atoms with Crippen LogP contribution < -0.4 is 5.73 Å². The van der Waals surface area contributed by atoms with Gasteiger partial charge in [0.2, 0.25) is 5.95 Å². The van der Waals surface area contributed by atoms with Crippen molar-refractivity contribution in [2.75, 3.05) is 25.4 Å². The van der Waals surface area contributed by atoms with Crippen molar-refractivity contribution in [1.82, 2.24) is 19.9 Å². The molecule has 1 aliphatic heterocycles. The topological polar surface area (TPSA) is 94.2 Å². The molecule has 7 heteroatoms. The van der Waals surface area contributed by atoms with Crippen LogP contribution in [0.25, 0.3) is 0 Å². The average molecular weight is 341 g/mol. The number of nitrogen functional groups attached to an aromatic ring is 1. The zero-order valence-electron chi connectivity index (χ0n) is 14.6. The van der Waals surface area contributed by atoms with Gasteiger partial charge in [0.1, 0.15) is 11.8 Å². The van der Waals surface area contributed by atoms with Crippen LogP contribution in [0.15, 0.2) is 30.6 Å². The van der Waals surface area contributed by atoms with E-state index >= 15 is 0 Å². The van der Waals surface area contributed by atoms with Crippen LogP contribution in [-0.2, 0) is 11.2 Å². The van der Waals surface area contributed by atoms with Gasteiger partial charge < -0.3 is 15.4 Å². The fraction of sp³-hybridized carbons (Fsp3) is 0.444. The lowest BCUT2D eigenvalue weighted by molar-refractivity contribution is -0.0231. The highest BCUT2D eigenvalue weighted by atomic mass is 16.5. The second kappa shape index (κ2) is 7.57. The molecule has 1 aliphatic rings. The Balaban J connectivity index is 1.77. The first-order valence-corrected chi connectivity index (χ1v) is 8.47. The molecule has 0 aliphatic carbocycles. The van der Waals surface area contributed by atoms with Gasteiger partial charge in [-0.15, -0.1) is 0 Å². The molecule has 0 spiro atoms. The third-order valence-corrected chi connectivity index (χ3v) is 4.04. The predicted molar refractivity (Wildman–Crippen MR) is 93.8 cm³/mol. The first-order chi connectivity index (χ1) is 12.0. The fourth-order valence-electron chi connectivity index (χ4n) is 2.91. The van der Waals surface area contributed by atoms with Gasteiger partial charge in [-0.1, -0.05) is 19.9 Å². The van der Waals surface area contributed by atoms with Crippen LogP contribution in [-0.4, -0.2) is 45.5 Å². The Bertz CT molecular complexity index is 736. The molecule has 3 heterocycles. The third kappa shape index (κ3) is 4.30. The number of carbonyl (C=O) groups is 1. The number of amides is 1. The minimum Gasteiger partial charge on any atom is -0.370 e. The van der Waals surface area contributed by atoms with E-state index in [1.54, 1.807) is 23.4 Å². The molecule has 0 bridgehead atoms. The van der Waals surface area contributed by atoms with Gasteiger partial charge >= 0.3 is 0 Å². The van der Waals surface area contributed by atoms with Crippen LogP contribution in [0, 0.1) is 5.92 Å². The summed E-state index contributed by atoms with van der Waals surface area (Å²) in [6.45, 7) is 5.66. The van der Waals surface area contributed by atoms with Crippen LogP contribution in [0.2, 0.25) is 0 Å². The molecular weight excluding hydrogens is 318 g/mol. The third-order valence-electron chi connectivity index (χ3n) is 4.04. The van der Waals surface area contributed by atoms with E-state index in [9.17, 15) is 4.79 Å². The lowest BCUT2D eigenvalue weighted by Crippen LogP contribution is -2.42. The maximum Gasteiger partial charge on any atom is 0.272 e. The number of rotatable bonds is 4. The summed E-state index contributed by atoms with van der Waals surface area (Å²) in [5.74, 6) is 0.422. The number of pyridine rings is 1. The van der Waals surface area contributed by atoms with Crippen LogP contribution in [0.1, 0.15) is 41.7 Å². The highest BCUT2D eigenvalue weighted by Crippen LogP contribution is 2.22. The number of nitrogens with two attached hydrogens (primary N) is 1. The van der Waals surface area contributed by atoms with E-state index in [0.29, 0.717) is 31.3 Å². The van der Waals surface area contributed by atoms with Crippen molar-refractivity contribution >= 4 is 11.9 Å². The smallest absolute Gasteiger partial charge is 0.272 e. The second-order valence-electron chi connectivity index (χ2n) is 6.60. The number of hydrogen-bond donors (Lipinski definition) is 1. The first-order valence-electron chi connectivity index (χ1n) is 8.47. The molecule has 1 saturated heterocycles. The number of carbonyl (C=O) groups excluding carboxylic acids is 1. The second-order valence-corrected chi connectivity index (χ2v) is 6.60. The van der Waals surface area contributed by atoms with Gasteiger partial charge in [0, 0.05) is 30.2 Å². The molecule has 0 radical (unpaired) electrons. The van der Waals surface area contributed by atoms with E-state index in [2.05, 4.69) is 28.8 Å². The van der Waals surface area contributed by atoms with Gasteiger partial charge in [-0.25, -0.2) is 9.97 Å². The SMILES string of the molecule is CC(C)Cc1cc(C(=O)N2CCOC(c3cccnc3)C2)nc(N)n1. The average Bonchev–Trinajstić information content (AvgIpc) is 2.61. The zero-order chi connectivity index (χ0) is 17.8. The van der Waals surface area contributed by atoms with Crippen molar-refractivity contribution in [3.05, 3.63) is 47.5 Å². The monoisotopic (exact) mass is 341 g/mol. The van der Waals surface area contributed by atoms with Gasteiger partial charge in [0.05, 0.1) is 13.2 Å². The van der Waals surface area contributed by atoms with E-state index in [1.165, 1.54) is 0 Å². The molecule has 3 rings (SSSR count). The Morgan fingerprint density at radius 3 is 3.00 bits per heavy atom. The minimum atomic E-state index is -0.180. The van der Waals surface area contributed by atoms with Crippen molar-refractivity contribution < 1.29 is 9.53 Å². The molecule has 7 nitrogen and oxygen atoms in total. The van der Waals surface area contributed by atoms with Crippen molar-refractivity contribution in [2.24, 2.45) is 5.92 Å². The lowest BCUT2D eigenvalue weighted by atomic mass is 10.1. The summed E-state index contributed by atoms with van der Waals surface area (Å²) in [5.41, 5.74) is 7.89. The molecule has 1 atom stereocenters. The number of nitrogens with zero attached hydrogens (tertiary/aromatic N) is 4. The van der Waals surface area contributed by atoms with E-state index < -0.39 is 0 Å². The van der Waals surface area contributed by atoms with Crippen molar-refractivity contribution in [1.29, 1.82) is 0 Å². The van der Waals surface area contributed by atoms with Crippen molar-refractivity contribution in [3.63, 3.8) is 0 Å². The van der Waals surface area contributed by atoms with Crippen LogP contribution in [0.4, 0.5) is 5.95 Å². The Labute approximate surface area is 147 Å². The Morgan fingerprint density at radius 1 is 1.44 bits per heavy atom. The summed E-state index contributed by atoms with van der Waals surface area (Å²) in [6, 6.07) is 5.56. The van der Waals surface area contributed by atoms with E-state index in [-0.39, 0.29) is 18.0 Å². The normalized spacial score (nSPS) is 17.7. The molecule has 0 aromatic carbocycles. The number of aromatic nitrogens is 3. The number of anilines is 1. The van der Waals surface area contributed by atoms with E-state index in [1.807, 2.05) is 12.1 Å². The van der Waals surface area contributed by atoms with E-state index in [0.717, 1.165) is 17.7 Å². The predicted octanol–water partition coefficient (Wildman–Crippen LogP) is 1.87. The summed E-state index contributed by atoms with van der Waals surface area (Å²) < 4.78 is 5.79. The minimum absolute atomic E-state index is 0.138. The summed E-state index contributed by atoms with van der Waals surface area (Å²) in [7, 11) is 0. The lowest BCUT2D eigenvalue weighted by Gasteiger charge is -2.32. The largest absolute Gasteiger partial charge is 0.370 e. The van der Waals surface area contributed by atoms with Gasteiger partial charge in [0.25, 0.3) is 5.91 Å². The Kier molecular flexibility index (Phi) is 5.23. The summed E-state index contributed by atoms with van der Waals surface area (Å²) in [6.07, 6.45) is 4.06. The molecule has 2 aromatic rings. The van der Waals surface area contributed by atoms with Gasteiger partial charge in [-0.05, 0) is 24.5 Å². The number of morpholine rings is 1. The van der Waals surface area contributed by atoms with Crippen LogP contribution in [0.5, 0.6) is 0 Å². The number of hydrogen-bond acceptors (Lipinski definition) is 6. The van der Waals surface area contributed by atoms with Crippen LogP contribution in [0.3, 0.4) is 0 Å². The summed E-state index contributed by atoms with van der Waals surface area (Å²) in [5, 5.41) is 0. The summed E-state index contributed by atoms with van der Waals surface area (Å²) in [4.78, 5) is 27.1. The molecule has 2 aromatic heterocycles. The van der Waals surface area contributed by atoms with Crippen LogP contribution >= 0.6 is 0 Å². The maximum atomic E-state index is 12.9. The molecule has 0 saturated carbocycles. The quantitative estimate of drug-likeness (QED) is 0.912. The Morgan fingerprint density at radius 2 is 2.28 bits per heavy atom. The molecule has 1 fully saturated rings. The standard InChI is InChI=1S/C18H23N5O2/c1-12(2)8-14-9-15(22-18(19)21-14)17(24)23-6-7-25-16(11-23)13-4-3-5-20-10-13/h3-5,9-10,12,16H,6-8,11H2,1-2H3,(H2,19,21,22). The molecule has 1 amide bonds. The molecule has 132 valence electrons. The molecule has 1 unspecified atom stereocenters. The maximum absolute atomic E-state index is 12.9. The highest BCUT2D eigenvalue weighted by Gasteiger charge is 2.27. The molecule has 2 N–H and O–H groups in total. The first kappa shape index (κ1) is 17.3. The zero-order valence-corrected chi connectivity index (χ0v) is 14.6. The van der Waals surface area contributed by atoms with E-state index in [4.69, 9.17) is 10.5 Å². The highest BCUT2D eigenvalue weighted by molar-refractivity contribution is 5.92. The van der Waals surface area contributed by atoms with Gasteiger partial charge in [0.15, 0.2) is 0 Å². The summed E-state index contributed by atoms with van der Waals surface area (Å²) >= 11 is 0.